The van der Waals surface area contributed by atoms with Crippen molar-refractivity contribution in [1.29, 1.82) is 0 Å². The van der Waals surface area contributed by atoms with Gasteiger partial charge >= 0.3 is 0 Å². The zero-order chi connectivity index (χ0) is 18.1. The Morgan fingerprint density at radius 3 is 2.73 bits per heavy atom. The van der Waals surface area contributed by atoms with E-state index >= 15 is 0 Å². The van der Waals surface area contributed by atoms with Gasteiger partial charge in [-0.2, -0.15) is 0 Å². The second kappa shape index (κ2) is 6.74. The summed E-state index contributed by atoms with van der Waals surface area (Å²) in [5.74, 6) is -2.57. The number of halogens is 3. The van der Waals surface area contributed by atoms with Crippen molar-refractivity contribution in [2.24, 2.45) is 4.99 Å². The van der Waals surface area contributed by atoms with E-state index in [-0.39, 0.29) is 11.7 Å². The first-order valence-corrected chi connectivity index (χ1v) is 8.12. The summed E-state index contributed by atoms with van der Waals surface area (Å²) in [5, 5.41) is 0. The molecule has 7 heteroatoms. The summed E-state index contributed by atoms with van der Waals surface area (Å²) in [5.41, 5.74) is 0.235. The lowest BCUT2D eigenvalue weighted by atomic mass is 10.0. The number of aliphatic imine (C=N–C) groups is 1. The molecule has 1 atom stereocenters. The zero-order valence-electron chi connectivity index (χ0n) is 13.7. The second-order valence-corrected chi connectivity index (χ2v) is 6.03. The number of ether oxygens (including phenoxy) is 2. The fraction of sp³-hybridized carbons (Fsp3) is 0.211. The highest BCUT2D eigenvalue weighted by Crippen LogP contribution is 2.27. The molecule has 0 radical (unpaired) electrons. The van der Waals surface area contributed by atoms with Crippen LogP contribution in [0.4, 0.5) is 13.2 Å². The number of hydrogen-bond acceptors (Lipinski definition) is 4. The van der Waals surface area contributed by atoms with Gasteiger partial charge in [-0.1, -0.05) is 12.1 Å². The summed E-state index contributed by atoms with van der Waals surface area (Å²) in [6.07, 6.45) is 3.52. The molecule has 0 bridgehead atoms. The van der Waals surface area contributed by atoms with Crippen LogP contribution in [-0.4, -0.2) is 36.7 Å². The Balaban J connectivity index is 1.41. The van der Waals surface area contributed by atoms with Crippen molar-refractivity contribution in [2.45, 2.75) is 6.10 Å². The molecule has 2 aromatic carbocycles. The molecule has 1 saturated heterocycles. The Morgan fingerprint density at radius 2 is 1.96 bits per heavy atom. The molecule has 4 nitrogen and oxygen atoms in total. The Morgan fingerprint density at radius 1 is 1.15 bits per heavy atom. The maximum atomic E-state index is 13.9. The lowest BCUT2D eigenvalue weighted by Crippen LogP contribution is -2.28. The molecule has 2 aliphatic heterocycles. The van der Waals surface area contributed by atoms with E-state index in [9.17, 15) is 13.2 Å². The fourth-order valence-electron chi connectivity index (χ4n) is 2.91. The Kier molecular flexibility index (Phi) is 4.28. The predicted molar refractivity (Wildman–Crippen MR) is 90.3 cm³/mol. The van der Waals surface area contributed by atoms with Crippen LogP contribution >= 0.6 is 0 Å². The molecule has 0 aromatic heterocycles. The molecular formula is C19H15F3N2O2. The number of amidine groups is 1. The largest absolute Gasteiger partial charge is 0.490 e. The first-order chi connectivity index (χ1) is 12.6. The monoisotopic (exact) mass is 360 g/mol. The highest BCUT2D eigenvalue weighted by atomic mass is 19.2. The van der Waals surface area contributed by atoms with E-state index in [2.05, 4.69) is 4.99 Å². The molecule has 2 heterocycles. The smallest absolute Gasteiger partial charge is 0.292 e. The van der Waals surface area contributed by atoms with Crippen molar-refractivity contribution < 1.29 is 22.6 Å². The van der Waals surface area contributed by atoms with Gasteiger partial charge in [-0.05, 0) is 29.8 Å². The van der Waals surface area contributed by atoms with Crippen LogP contribution in [0, 0.1) is 17.5 Å². The summed E-state index contributed by atoms with van der Waals surface area (Å²) < 4.78 is 51.9. The van der Waals surface area contributed by atoms with Crippen LogP contribution in [0.1, 0.15) is 0 Å². The van der Waals surface area contributed by atoms with E-state index in [0.717, 1.165) is 12.6 Å². The summed E-state index contributed by atoms with van der Waals surface area (Å²) in [6.45, 7) is 1.78. The van der Waals surface area contributed by atoms with Crippen molar-refractivity contribution in [3.05, 3.63) is 66.1 Å². The molecule has 0 amide bonds. The van der Waals surface area contributed by atoms with Crippen LogP contribution < -0.4 is 4.74 Å². The predicted octanol–water partition coefficient (Wildman–Crippen LogP) is 3.73. The zero-order valence-corrected chi connectivity index (χ0v) is 13.7. The van der Waals surface area contributed by atoms with Crippen LogP contribution in [0.25, 0.3) is 11.1 Å². The summed E-state index contributed by atoms with van der Waals surface area (Å²) in [6, 6.07) is 8.44. The summed E-state index contributed by atoms with van der Waals surface area (Å²) >= 11 is 0. The fourth-order valence-corrected chi connectivity index (χ4v) is 2.91. The highest BCUT2D eigenvalue weighted by molar-refractivity contribution is 5.77. The standard InChI is InChI=1S/C19H15F3N2O2/c20-13-8-16(18(22)17(21)9-13)12-2-4-14(5-3-12)25-11-15-10-24-7-1-6-23-19(24)26-15/h1-6,8-9,15H,7,10-11H2/t15-/m0/s1. The van der Waals surface area contributed by atoms with Crippen LogP contribution in [0.15, 0.2) is 53.7 Å². The van der Waals surface area contributed by atoms with Crippen molar-refractivity contribution >= 4 is 6.02 Å². The highest BCUT2D eigenvalue weighted by Gasteiger charge is 2.30. The quantitative estimate of drug-likeness (QED) is 0.779. The van der Waals surface area contributed by atoms with E-state index < -0.39 is 17.5 Å². The topological polar surface area (TPSA) is 34.1 Å². The third-order valence-corrected chi connectivity index (χ3v) is 4.18. The SMILES string of the molecule is Fc1cc(F)c(F)c(-c2ccc(OC[C@@H]3CN4CC=CN=C4O3)cc2)c1. The van der Waals surface area contributed by atoms with Gasteiger partial charge < -0.3 is 14.4 Å². The van der Waals surface area contributed by atoms with Crippen molar-refractivity contribution in [1.82, 2.24) is 4.90 Å². The normalized spacial score (nSPS) is 18.3. The van der Waals surface area contributed by atoms with E-state index in [1.165, 1.54) is 0 Å². The molecule has 0 aliphatic carbocycles. The molecule has 26 heavy (non-hydrogen) atoms. The Hall–Kier alpha value is -2.96. The number of fused-ring (bicyclic) bond motifs is 1. The lowest BCUT2D eigenvalue weighted by molar-refractivity contribution is 0.146. The number of nitrogens with zero attached hydrogens (tertiary/aromatic N) is 2. The van der Waals surface area contributed by atoms with Crippen LogP contribution in [0.5, 0.6) is 5.75 Å². The van der Waals surface area contributed by atoms with Gasteiger partial charge in [0.2, 0.25) is 0 Å². The van der Waals surface area contributed by atoms with Gasteiger partial charge in [0.05, 0.1) is 6.54 Å². The molecule has 0 N–H and O–H groups in total. The van der Waals surface area contributed by atoms with Crippen molar-refractivity contribution in [3.8, 4) is 16.9 Å². The van der Waals surface area contributed by atoms with Crippen molar-refractivity contribution in [3.63, 3.8) is 0 Å². The van der Waals surface area contributed by atoms with Gasteiger partial charge in [0.25, 0.3) is 6.02 Å². The first kappa shape index (κ1) is 16.5. The molecule has 4 rings (SSSR count). The number of hydrogen-bond donors (Lipinski definition) is 0. The Labute approximate surface area is 148 Å². The van der Waals surface area contributed by atoms with Gasteiger partial charge in [-0.3, -0.25) is 0 Å². The molecular weight excluding hydrogens is 345 g/mol. The van der Waals surface area contributed by atoms with Crippen LogP contribution in [0.2, 0.25) is 0 Å². The average Bonchev–Trinajstić information content (AvgIpc) is 3.06. The molecule has 2 aliphatic rings. The van der Waals surface area contributed by atoms with Gasteiger partial charge in [0, 0.05) is 24.4 Å². The maximum Gasteiger partial charge on any atom is 0.292 e. The van der Waals surface area contributed by atoms with Gasteiger partial charge in [-0.25, -0.2) is 18.2 Å². The molecule has 1 fully saturated rings. The Bertz CT molecular complexity index is 881. The molecule has 0 saturated carbocycles. The van der Waals surface area contributed by atoms with Crippen LogP contribution in [-0.2, 0) is 4.74 Å². The third-order valence-electron chi connectivity index (χ3n) is 4.18. The minimum atomic E-state index is -1.22. The van der Waals surface area contributed by atoms with E-state index in [1.54, 1.807) is 30.5 Å². The molecule has 2 aromatic rings. The molecule has 134 valence electrons. The van der Waals surface area contributed by atoms with E-state index in [4.69, 9.17) is 9.47 Å². The number of rotatable bonds is 4. The second-order valence-electron chi connectivity index (χ2n) is 6.03. The van der Waals surface area contributed by atoms with E-state index in [0.29, 0.717) is 36.6 Å². The average molecular weight is 360 g/mol. The number of benzene rings is 2. The lowest BCUT2D eigenvalue weighted by Gasteiger charge is -2.14. The summed E-state index contributed by atoms with van der Waals surface area (Å²) in [4.78, 5) is 6.16. The minimum absolute atomic E-state index is 0.129. The van der Waals surface area contributed by atoms with Gasteiger partial charge in [0.15, 0.2) is 17.7 Å². The summed E-state index contributed by atoms with van der Waals surface area (Å²) in [7, 11) is 0. The van der Waals surface area contributed by atoms with Gasteiger partial charge in [-0.15, -0.1) is 0 Å². The third kappa shape index (κ3) is 3.24. The molecule has 0 unspecified atom stereocenters. The van der Waals surface area contributed by atoms with Gasteiger partial charge in [0.1, 0.15) is 18.2 Å². The minimum Gasteiger partial charge on any atom is -0.490 e. The first-order valence-electron chi connectivity index (χ1n) is 8.12. The maximum absolute atomic E-state index is 13.9. The van der Waals surface area contributed by atoms with Crippen molar-refractivity contribution in [2.75, 3.05) is 19.7 Å². The molecule has 0 spiro atoms. The van der Waals surface area contributed by atoms with Crippen LogP contribution in [0.3, 0.4) is 0 Å². The van der Waals surface area contributed by atoms with E-state index in [1.807, 2.05) is 11.0 Å².